The second kappa shape index (κ2) is 12.1. The third-order valence-corrected chi connectivity index (χ3v) is 5.44. The van der Waals surface area contributed by atoms with E-state index in [1.54, 1.807) is 26.6 Å². The average molecular weight is 505 g/mol. The summed E-state index contributed by atoms with van der Waals surface area (Å²) in [4.78, 5) is 11.6. The predicted octanol–water partition coefficient (Wildman–Crippen LogP) is 2.17. The Labute approximate surface area is 212 Å². The minimum atomic E-state index is 0.205. The fourth-order valence-electron chi connectivity index (χ4n) is 3.55. The lowest BCUT2D eigenvalue weighted by Crippen LogP contribution is -2.30. The van der Waals surface area contributed by atoms with Crippen LogP contribution in [0.1, 0.15) is 17.5 Å². The Morgan fingerprint density at radius 3 is 2.11 bits per heavy atom. The molecule has 8 N–H and O–H groups in total. The lowest BCUT2D eigenvalue weighted by atomic mass is 10.2. The number of hydrazone groups is 2. The van der Waals surface area contributed by atoms with Gasteiger partial charge in [0.05, 0.1) is 27.0 Å². The van der Waals surface area contributed by atoms with E-state index >= 15 is 0 Å². The minimum Gasteiger partial charge on any atom is -0.497 e. The van der Waals surface area contributed by atoms with Crippen molar-refractivity contribution < 1.29 is 14.4 Å². The molecule has 4 rings (SSSR count). The van der Waals surface area contributed by atoms with E-state index < -0.39 is 0 Å². The molecule has 4 aromatic rings. The van der Waals surface area contributed by atoms with Crippen LogP contribution in [-0.2, 0) is 0 Å². The number of benzene rings is 2. The summed E-state index contributed by atoms with van der Waals surface area (Å²) in [5.41, 5.74) is 15.0. The topological polar surface area (TPSA) is 179 Å². The molecule has 0 aliphatic heterocycles. The number of guanidine groups is 1. The standard InChI is InChI=1S/C24H29N11O2/c1-36-18-4-6-22-20(10-18)16(12-28-22)14-30-33-24(25)27-8-3-9-32-35(26)34-31-15-17-13-29-23-7-5-19(37-2)11-21(17)23/h4-7,10-15,32H,3,8-9,26H2,1-2H3,(H4,25,27,28,29,30,31,33,34)/p+1. The number of aliphatic imine (C=N–C) groups is 1. The predicted molar refractivity (Wildman–Crippen MR) is 144 cm³/mol. The van der Waals surface area contributed by atoms with Gasteiger partial charge in [-0.3, -0.25) is 4.99 Å². The molecule has 192 valence electrons. The number of nitrogens with zero attached hydrogens (tertiary/aromatic N) is 5. The first kappa shape index (κ1) is 25.0. The highest BCUT2D eigenvalue weighted by molar-refractivity contribution is 6.00. The van der Waals surface area contributed by atoms with Crippen LogP contribution in [0.15, 0.2) is 69.1 Å². The number of nitrogens with two attached hydrogens (primary N) is 2. The smallest absolute Gasteiger partial charge is 0.209 e. The lowest BCUT2D eigenvalue weighted by molar-refractivity contribution is -0.662. The molecular formula is C24H30N11O2+. The summed E-state index contributed by atoms with van der Waals surface area (Å²) < 4.78 is 10.6. The zero-order chi connectivity index (χ0) is 26.0. The number of rotatable bonds is 11. The van der Waals surface area contributed by atoms with Crippen LogP contribution in [0.3, 0.4) is 0 Å². The van der Waals surface area contributed by atoms with Crippen LogP contribution in [0.4, 0.5) is 0 Å². The summed E-state index contributed by atoms with van der Waals surface area (Å²) in [5, 5.41) is 14.4. The summed E-state index contributed by atoms with van der Waals surface area (Å²) in [7, 11) is 3.26. The fraction of sp³-hybridized carbons (Fsp3) is 0.208. The molecule has 0 saturated carbocycles. The van der Waals surface area contributed by atoms with Gasteiger partial charge in [-0.25, -0.2) is 11.3 Å². The van der Waals surface area contributed by atoms with E-state index in [-0.39, 0.29) is 5.96 Å². The number of hydrogen-bond donors (Lipinski definition) is 6. The van der Waals surface area contributed by atoms with Crippen LogP contribution < -0.4 is 32.0 Å². The van der Waals surface area contributed by atoms with Crippen LogP contribution >= 0.6 is 0 Å². The molecule has 13 nitrogen and oxygen atoms in total. The van der Waals surface area contributed by atoms with E-state index in [1.807, 2.05) is 48.8 Å². The SMILES string of the molecule is COc1ccc2[nH]cc(/C=N/NC(N)=NCCCN=[N+](N)N/N=C/c3c[nH]c4ccc(OC)cc34)c2c1. The van der Waals surface area contributed by atoms with E-state index in [0.717, 1.165) is 49.3 Å². The normalized spacial score (nSPS) is 12.7. The van der Waals surface area contributed by atoms with Crippen molar-refractivity contribution in [3.8, 4) is 11.5 Å². The summed E-state index contributed by atoms with van der Waals surface area (Å²) in [6.07, 6.45) is 7.67. The summed E-state index contributed by atoms with van der Waals surface area (Å²) in [5.74, 6) is 7.54. The number of hydrazine groups is 2. The van der Waals surface area contributed by atoms with Crippen molar-refractivity contribution in [1.29, 1.82) is 0 Å². The summed E-state index contributed by atoms with van der Waals surface area (Å²) >= 11 is 0. The van der Waals surface area contributed by atoms with Gasteiger partial charge in [-0.15, -0.1) is 0 Å². The molecule has 0 saturated heterocycles. The average Bonchev–Trinajstić information content (AvgIpc) is 3.51. The summed E-state index contributed by atoms with van der Waals surface area (Å²) in [6.45, 7) is 0.886. The van der Waals surface area contributed by atoms with Gasteiger partial charge in [-0.05, 0) is 48.4 Å². The highest BCUT2D eigenvalue weighted by Gasteiger charge is 2.06. The molecule has 2 aromatic carbocycles. The third-order valence-electron chi connectivity index (χ3n) is 5.44. The van der Waals surface area contributed by atoms with Gasteiger partial charge in [0.2, 0.25) is 5.96 Å². The molecule has 0 fully saturated rings. The van der Waals surface area contributed by atoms with Gasteiger partial charge in [0.15, 0.2) is 6.21 Å². The highest BCUT2D eigenvalue weighted by Crippen LogP contribution is 2.23. The molecule has 2 heterocycles. The van der Waals surface area contributed by atoms with Crippen LogP contribution in [-0.4, -0.2) is 60.6 Å². The highest BCUT2D eigenvalue weighted by atomic mass is 16.5. The van der Waals surface area contributed by atoms with E-state index in [2.05, 4.69) is 41.2 Å². The van der Waals surface area contributed by atoms with E-state index in [9.17, 15) is 0 Å². The van der Waals surface area contributed by atoms with Gasteiger partial charge in [0, 0.05) is 61.9 Å². The molecule has 0 atom stereocenters. The maximum atomic E-state index is 5.87. The second-order valence-electron chi connectivity index (χ2n) is 7.87. The number of nitrogens with one attached hydrogen (secondary N) is 4. The van der Waals surface area contributed by atoms with Gasteiger partial charge >= 0.3 is 0 Å². The number of hydrogen-bond acceptors (Lipinski definition) is 6. The molecule has 0 aliphatic rings. The number of fused-ring (bicyclic) bond motifs is 2. The summed E-state index contributed by atoms with van der Waals surface area (Å²) in [6, 6.07) is 11.6. The van der Waals surface area contributed by atoms with Crippen LogP contribution in [0.5, 0.6) is 11.5 Å². The first-order valence-electron chi connectivity index (χ1n) is 11.5. The maximum absolute atomic E-state index is 5.87. The van der Waals surface area contributed by atoms with Crippen LogP contribution in [0.25, 0.3) is 21.8 Å². The van der Waals surface area contributed by atoms with Crippen molar-refractivity contribution in [3.05, 3.63) is 59.9 Å². The largest absolute Gasteiger partial charge is 0.497 e. The van der Waals surface area contributed by atoms with Crippen molar-refractivity contribution in [1.82, 2.24) is 20.9 Å². The second-order valence-corrected chi connectivity index (χ2v) is 7.87. The Kier molecular flexibility index (Phi) is 8.16. The van der Waals surface area contributed by atoms with Crippen molar-refractivity contribution in [2.24, 2.45) is 31.9 Å². The zero-order valence-corrected chi connectivity index (χ0v) is 20.6. The quantitative estimate of drug-likeness (QED) is 0.0346. The van der Waals surface area contributed by atoms with Crippen molar-refractivity contribution in [3.63, 3.8) is 0 Å². The van der Waals surface area contributed by atoms with Crippen molar-refractivity contribution in [2.45, 2.75) is 6.42 Å². The molecule has 13 heteroatoms. The van der Waals surface area contributed by atoms with Gasteiger partial charge in [-0.2, -0.15) is 5.10 Å². The van der Waals surface area contributed by atoms with Crippen molar-refractivity contribution in [2.75, 3.05) is 27.3 Å². The van der Waals surface area contributed by atoms with Gasteiger partial charge in [0.25, 0.3) is 0 Å². The molecule has 0 spiro atoms. The van der Waals surface area contributed by atoms with Crippen LogP contribution in [0.2, 0.25) is 0 Å². The third kappa shape index (κ3) is 6.54. The van der Waals surface area contributed by atoms with Gasteiger partial charge in [-0.1, -0.05) is 5.11 Å². The van der Waals surface area contributed by atoms with E-state index in [0.29, 0.717) is 19.5 Å². The molecule has 37 heavy (non-hydrogen) atoms. The molecule has 0 bridgehead atoms. The number of methoxy groups -OCH3 is 2. The number of aromatic nitrogens is 2. The molecule has 0 amide bonds. The molecule has 2 aromatic heterocycles. The van der Waals surface area contributed by atoms with Gasteiger partial charge in [0.1, 0.15) is 11.5 Å². The van der Waals surface area contributed by atoms with E-state index in [1.165, 1.54) is 0 Å². The first-order valence-corrected chi connectivity index (χ1v) is 11.5. The zero-order valence-electron chi connectivity index (χ0n) is 20.6. The molecule has 0 radical (unpaired) electrons. The van der Waals surface area contributed by atoms with Gasteiger partial charge < -0.3 is 25.2 Å². The molecular weight excluding hydrogens is 474 g/mol. The number of aromatic amines is 2. The monoisotopic (exact) mass is 504 g/mol. The van der Waals surface area contributed by atoms with E-state index in [4.69, 9.17) is 21.1 Å². The molecule has 0 unspecified atom stereocenters. The Balaban J connectivity index is 1.20. The Bertz CT molecular complexity index is 1360. The Hall–Kier alpha value is -5.07. The fourth-order valence-corrected chi connectivity index (χ4v) is 3.55. The number of ether oxygens (including phenoxy) is 2. The number of H-pyrrole nitrogens is 2. The van der Waals surface area contributed by atoms with Crippen molar-refractivity contribution >= 4 is 40.2 Å². The first-order chi connectivity index (χ1) is 18.1. The molecule has 0 aliphatic carbocycles. The Morgan fingerprint density at radius 1 is 0.919 bits per heavy atom. The Morgan fingerprint density at radius 2 is 1.51 bits per heavy atom. The van der Waals surface area contributed by atoms with Crippen LogP contribution in [0, 0.1) is 0 Å². The minimum absolute atomic E-state index is 0.205. The maximum Gasteiger partial charge on any atom is 0.209 e. The lowest BCUT2D eigenvalue weighted by Gasteiger charge is -2.00.